The lowest BCUT2D eigenvalue weighted by Gasteiger charge is -2.20. The minimum absolute atomic E-state index is 0.0947. The first kappa shape index (κ1) is 45.8. The Labute approximate surface area is 305 Å². The molecular formula is C44H81NO4. The summed E-state index contributed by atoms with van der Waals surface area (Å²) < 4.78 is 17.9. The number of aliphatic hydroxyl groups excluding tert-OH is 1. The number of methoxy groups -OCH3 is 1. The maximum atomic E-state index is 10.3. The second-order valence-corrected chi connectivity index (χ2v) is 14.3. The number of ether oxygens (including phenoxy) is 3. The second-order valence-electron chi connectivity index (χ2n) is 14.3. The third-order valence-electron chi connectivity index (χ3n) is 9.47. The molecule has 1 saturated heterocycles. The lowest BCUT2D eigenvalue weighted by atomic mass is 10.1. The van der Waals surface area contributed by atoms with E-state index in [1.54, 1.807) is 7.11 Å². The van der Waals surface area contributed by atoms with Gasteiger partial charge in [0, 0.05) is 40.0 Å². The van der Waals surface area contributed by atoms with Crippen LogP contribution in [-0.2, 0) is 14.2 Å². The Morgan fingerprint density at radius 1 is 0.531 bits per heavy atom. The average molecular weight is 688 g/mol. The number of β-amino-alcohol motifs (C(OH)–C–C–N with tert-alkyl or cyclic N) is 1. The van der Waals surface area contributed by atoms with Crippen LogP contribution in [0, 0.1) is 0 Å². The van der Waals surface area contributed by atoms with E-state index in [4.69, 9.17) is 14.2 Å². The molecule has 0 saturated carbocycles. The summed E-state index contributed by atoms with van der Waals surface area (Å²) in [7, 11) is 1.64. The highest BCUT2D eigenvalue weighted by atomic mass is 16.5. The molecule has 0 aromatic heterocycles. The van der Waals surface area contributed by atoms with Gasteiger partial charge in [-0.1, -0.05) is 140 Å². The van der Waals surface area contributed by atoms with Gasteiger partial charge in [0.1, 0.15) is 0 Å². The van der Waals surface area contributed by atoms with Crippen LogP contribution in [0.5, 0.6) is 0 Å². The van der Waals surface area contributed by atoms with E-state index in [0.29, 0.717) is 13.2 Å². The normalized spacial score (nSPS) is 18.0. The Bertz CT molecular complexity index is 736. The standard InChI is InChI=1S/C44H81NO4/c1-4-6-8-10-12-14-16-18-20-22-24-26-28-30-32-34-36-48-43-39-45(38-42(46)41-47-3)40-44(43)49-37-35-33-31-29-27-25-23-21-19-17-15-13-11-9-7-5-2/h12-15,18-21,42-44,46H,4-11,16-17,22-41H2,1-3H3/t42?,43-,44-/m1/s1. The molecule has 0 radical (unpaired) electrons. The Hall–Kier alpha value is -1.24. The number of unbranched alkanes of at least 4 members (excludes halogenated alkanes) is 18. The summed E-state index contributed by atoms with van der Waals surface area (Å²) in [6, 6.07) is 0. The zero-order valence-electron chi connectivity index (χ0n) is 32.7. The molecule has 1 fully saturated rings. The van der Waals surface area contributed by atoms with Crippen molar-refractivity contribution in [3.8, 4) is 0 Å². The van der Waals surface area contributed by atoms with E-state index in [-0.39, 0.29) is 12.2 Å². The SMILES string of the molecule is CCCCCC=CCC=CCCCCCCCCO[C@@H]1CN(CC(O)COC)C[C@H]1OCCCCCCCCC=CCC=CCCCCC. The van der Waals surface area contributed by atoms with Gasteiger partial charge in [-0.05, 0) is 77.0 Å². The first-order valence-electron chi connectivity index (χ1n) is 20.9. The van der Waals surface area contributed by atoms with E-state index in [1.807, 2.05) is 0 Å². The lowest BCUT2D eigenvalue weighted by Crippen LogP contribution is -2.34. The third kappa shape index (κ3) is 30.1. The van der Waals surface area contributed by atoms with E-state index in [0.717, 1.165) is 52.0 Å². The largest absolute Gasteiger partial charge is 0.389 e. The van der Waals surface area contributed by atoms with Gasteiger partial charge >= 0.3 is 0 Å². The van der Waals surface area contributed by atoms with Crippen molar-refractivity contribution in [2.24, 2.45) is 0 Å². The minimum atomic E-state index is -0.468. The number of likely N-dealkylation sites (tertiary alicyclic amines) is 1. The molecule has 1 aliphatic rings. The van der Waals surface area contributed by atoms with Crippen LogP contribution in [0.25, 0.3) is 0 Å². The molecule has 1 unspecified atom stereocenters. The molecule has 0 bridgehead atoms. The summed E-state index contributed by atoms with van der Waals surface area (Å²) in [6.07, 6.45) is 48.6. The van der Waals surface area contributed by atoms with Crippen LogP contribution in [0.2, 0.25) is 0 Å². The highest BCUT2D eigenvalue weighted by Gasteiger charge is 2.34. The molecule has 49 heavy (non-hydrogen) atoms. The van der Waals surface area contributed by atoms with Crippen LogP contribution in [0.1, 0.15) is 168 Å². The third-order valence-corrected chi connectivity index (χ3v) is 9.47. The van der Waals surface area contributed by atoms with E-state index in [1.165, 1.54) is 128 Å². The predicted octanol–water partition coefficient (Wildman–Crippen LogP) is 11.7. The first-order chi connectivity index (χ1) is 24.2. The lowest BCUT2D eigenvalue weighted by molar-refractivity contribution is -0.0481. The molecule has 286 valence electrons. The topological polar surface area (TPSA) is 51.2 Å². The number of hydrogen-bond donors (Lipinski definition) is 1. The number of allylic oxidation sites excluding steroid dienone is 8. The fraction of sp³-hybridized carbons (Fsp3) is 0.818. The van der Waals surface area contributed by atoms with Crippen molar-refractivity contribution >= 4 is 0 Å². The fourth-order valence-corrected chi connectivity index (χ4v) is 6.48. The van der Waals surface area contributed by atoms with Gasteiger partial charge in [-0.15, -0.1) is 0 Å². The van der Waals surface area contributed by atoms with Crippen LogP contribution in [-0.4, -0.2) is 74.9 Å². The number of nitrogens with zero attached hydrogens (tertiary/aromatic N) is 1. The van der Waals surface area contributed by atoms with Gasteiger partial charge in [-0.25, -0.2) is 0 Å². The number of aliphatic hydroxyl groups is 1. The van der Waals surface area contributed by atoms with E-state index in [2.05, 4.69) is 67.4 Å². The van der Waals surface area contributed by atoms with E-state index in [9.17, 15) is 5.11 Å². The van der Waals surface area contributed by atoms with Gasteiger partial charge in [0.05, 0.1) is 24.9 Å². The van der Waals surface area contributed by atoms with Crippen LogP contribution in [0.4, 0.5) is 0 Å². The minimum Gasteiger partial charge on any atom is -0.389 e. The molecule has 1 heterocycles. The van der Waals surface area contributed by atoms with Crippen molar-refractivity contribution in [3.63, 3.8) is 0 Å². The van der Waals surface area contributed by atoms with Gasteiger partial charge in [0.25, 0.3) is 0 Å². The van der Waals surface area contributed by atoms with E-state index < -0.39 is 6.10 Å². The first-order valence-corrected chi connectivity index (χ1v) is 20.9. The number of rotatable bonds is 36. The summed E-state index contributed by atoms with van der Waals surface area (Å²) in [5.74, 6) is 0. The van der Waals surface area contributed by atoms with Crippen molar-refractivity contribution in [1.82, 2.24) is 4.90 Å². The maximum absolute atomic E-state index is 10.3. The van der Waals surface area contributed by atoms with Crippen molar-refractivity contribution in [2.45, 2.75) is 186 Å². The van der Waals surface area contributed by atoms with Crippen molar-refractivity contribution in [1.29, 1.82) is 0 Å². The van der Waals surface area contributed by atoms with Gasteiger partial charge < -0.3 is 19.3 Å². The summed E-state index contributed by atoms with van der Waals surface area (Å²) in [5.41, 5.74) is 0. The molecule has 5 nitrogen and oxygen atoms in total. The van der Waals surface area contributed by atoms with Crippen LogP contribution >= 0.6 is 0 Å². The summed E-state index contributed by atoms with van der Waals surface area (Å²) >= 11 is 0. The highest BCUT2D eigenvalue weighted by Crippen LogP contribution is 2.19. The summed E-state index contributed by atoms with van der Waals surface area (Å²) in [4.78, 5) is 2.29. The van der Waals surface area contributed by atoms with Crippen molar-refractivity contribution in [2.75, 3.05) is 46.6 Å². The zero-order valence-corrected chi connectivity index (χ0v) is 32.7. The molecule has 5 heteroatoms. The fourth-order valence-electron chi connectivity index (χ4n) is 6.48. The van der Waals surface area contributed by atoms with Gasteiger partial charge in [-0.3, -0.25) is 4.90 Å². The Balaban J connectivity index is 2.12. The molecule has 3 atom stereocenters. The zero-order chi connectivity index (χ0) is 35.3. The molecule has 1 rings (SSSR count). The number of hydrogen-bond acceptors (Lipinski definition) is 5. The van der Waals surface area contributed by atoms with Gasteiger partial charge in [0.15, 0.2) is 0 Å². The second kappa shape index (κ2) is 36.5. The summed E-state index contributed by atoms with van der Waals surface area (Å²) in [6.45, 7) is 8.77. The Morgan fingerprint density at radius 2 is 0.898 bits per heavy atom. The molecular weight excluding hydrogens is 606 g/mol. The van der Waals surface area contributed by atoms with Gasteiger partial charge in [0.2, 0.25) is 0 Å². The molecule has 0 aromatic carbocycles. The highest BCUT2D eigenvalue weighted by molar-refractivity contribution is 4.93. The van der Waals surface area contributed by atoms with E-state index >= 15 is 0 Å². The monoisotopic (exact) mass is 688 g/mol. The molecule has 0 aliphatic carbocycles. The summed E-state index contributed by atoms with van der Waals surface area (Å²) in [5, 5.41) is 10.3. The van der Waals surface area contributed by atoms with Crippen LogP contribution < -0.4 is 0 Å². The molecule has 0 amide bonds. The van der Waals surface area contributed by atoms with Gasteiger partial charge in [-0.2, -0.15) is 0 Å². The smallest absolute Gasteiger partial charge is 0.0975 e. The van der Waals surface area contributed by atoms with Crippen molar-refractivity contribution in [3.05, 3.63) is 48.6 Å². The average Bonchev–Trinajstić information content (AvgIpc) is 3.48. The van der Waals surface area contributed by atoms with Crippen LogP contribution in [0.15, 0.2) is 48.6 Å². The maximum Gasteiger partial charge on any atom is 0.0975 e. The van der Waals surface area contributed by atoms with Crippen molar-refractivity contribution < 1.29 is 19.3 Å². The Kier molecular flexibility index (Phi) is 34.1. The predicted molar refractivity (Wildman–Crippen MR) is 213 cm³/mol. The van der Waals surface area contributed by atoms with Crippen LogP contribution in [0.3, 0.4) is 0 Å². The molecule has 1 aliphatic heterocycles. The Morgan fingerprint density at radius 3 is 1.29 bits per heavy atom. The molecule has 0 spiro atoms. The molecule has 0 aromatic rings. The molecule has 1 N–H and O–H groups in total. The quantitative estimate of drug-likeness (QED) is 0.0525.